The molecule has 1 heterocycles. The lowest BCUT2D eigenvalue weighted by Gasteiger charge is -2.34. The van der Waals surface area contributed by atoms with Crippen LogP contribution in [0.2, 0.25) is 0 Å². The predicted octanol–water partition coefficient (Wildman–Crippen LogP) is 2.38. The second kappa shape index (κ2) is 6.05. The van der Waals surface area contributed by atoms with Crippen molar-refractivity contribution in [3.63, 3.8) is 0 Å². The Morgan fingerprint density at radius 1 is 1.14 bits per heavy atom. The van der Waals surface area contributed by atoms with Gasteiger partial charge in [0.25, 0.3) is 0 Å². The summed E-state index contributed by atoms with van der Waals surface area (Å²) < 4.78 is 71.7. The first-order chi connectivity index (χ1) is 10.1. The number of halogens is 3. The summed E-state index contributed by atoms with van der Waals surface area (Å²) in [5.41, 5.74) is 0. The summed E-state index contributed by atoms with van der Waals surface area (Å²) in [7, 11) is -3.77. The molecule has 124 valence electrons. The van der Waals surface area contributed by atoms with E-state index in [1.165, 1.54) is 4.31 Å². The molecular weight excluding hydrogens is 323 g/mol. The number of hydrogen-bond acceptors (Lipinski definition) is 4. The molecule has 2 rings (SSSR count). The van der Waals surface area contributed by atoms with Gasteiger partial charge in [-0.1, -0.05) is 0 Å². The molecular formula is C13H16F3NO4S. The van der Waals surface area contributed by atoms with Gasteiger partial charge in [-0.2, -0.15) is 4.31 Å². The predicted molar refractivity (Wildman–Crippen MR) is 71.9 cm³/mol. The number of alkyl halides is 3. The van der Waals surface area contributed by atoms with E-state index >= 15 is 0 Å². The number of morpholine rings is 1. The molecule has 0 N–H and O–H groups in total. The summed E-state index contributed by atoms with van der Waals surface area (Å²) >= 11 is 0. The van der Waals surface area contributed by atoms with Crippen LogP contribution in [0.3, 0.4) is 0 Å². The maximum atomic E-state index is 12.5. The summed E-state index contributed by atoms with van der Waals surface area (Å²) in [4.78, 5) is -0.0803. The van der Waals surface area contributed by atoms with Gasteiger partial charge in [-0.25, -0.2) is 8.42 Å². The highest BCUT2D eigenvalue weighted by Crippen LogP contribution is 2.26. The molecule has 0 radical (unpaired) electrons. The van der Waals surface area contributed by atoms with Crippen LogP contribution in [0.1, 0.15) is 13.8 Å². The van der Waals surface area contributed by atoms with Crippen molar-refractivity contribution in [1.82, 2.24) is 4.31 Å². The van der Waals surface area contributed by atoms with Crippen molar-refractivity contribution in [1.29, 1.82) is 0 Å². The van der Waals surface area contributed by atoms with Crippen molar-refractivity contribution in [3.8, 4) is 5.75 Å². The summed E-state index contributed by atoms with van der Waals surface area (Å²) in [6.07, 6.45) is -5.30. The quantitative estimate of drug-likeness (QED) is 0.848. The Morgan fingerprint density at radius 2 is 1.64 bits per heavy atom. The van der Waals surface area contributed by atoms with Crippen molar-refractivity contribution in [2.75, 3.05) is 13.1 Å². The van der Waals surface area contributed by atoms with Crippen LogP contribution in [-0.4, -0.2) is 44.4 Å². The van der Waals surface area contributed by atoms with Gasteiger partial charge in [0.15, 0.2) is 0 Å². The highest BCUT2D eigenvalue weighted by atomic mass is 32.2. The van der Waals surface area contributed by atoms with E-state index in [1.807, 2.05) is 0 Å². The van der Waals surface area contributed by atoms with Gasteiger partial charge in [0.1, 0.15) is 5.75 Å². The van der Waals surface area contributed by atoms with Crippen LogP contribution >= 0.6 is 0 Å². The third-order valence-electron chi connectivity index (χ3n) is 3.08. The molecule has 1 aromatic carbocycles. The minimum atomic E-state index is -4.81. The Bertz CT molecular complexity index is 605. The van der Waals surface area contributed by atoms with Crippen LogP contribution in [0.15, 0.2) is 29.2 Å². The second-order valence-corrected chi connectivity index (χ2v) is 7.04. The van der Waals surface area contributed by atoms with E-state index in [0.717, 1.165) is 24.3 Å². The third kappa shape index (κ3) is 4.11. The van der Waals surface area contributed by atoms with Crippen LogP contribution in [0, 0.1) is 0 Å². The van der Waals surface area contributed by atoms with Crippen molar-refractivity contribution in [2.24, 2.45) is 0 Å². The van der Waals surface area contributed by atoms with E-state index in [-0.39, 0.29) is 30.2 Å². The largest absolute Gasteiger partial charge is 0.573 e. The Hall–Kier alpha value is -1.32. The fraction of sp³-hybridized carbons (Fsp3) is 0.538. The van der Waals surface area contributed by atoms with Crippen molar-refractivity contribution >= 4 is 10.0 Å². The summed E-state index contributed by atoms with van der Waals surface area (Å²) in [6, 6.07) is 4.16. The molecule has 0 amide bonds. The fourth-order valence-electron chi connectivity index (χ4n) is 2.29. The molecule has 0 unspecified atom stereocenters. The van der Waals surface area contributed by atoms with Gasteiger partial charge in [0.05, 0.1) is 17.1 Å². The van der Waals surface area contributed by atoms with Gasteiger partial charge in [-0.05, 0) is 38.1 Å². The number of nitrogens with zero attached hydrogens (tertiary/aromatic N) is 1. The number of sulfonamides is 1. The van der Waals surface area contributed by atoms with Gasteiger partial charge in [0, 0.05) is 13.1 Å². The molecule has 22 heavy (non-hydrogen) atoms. The highest BCUT2D eigenvalue weighted by molar-refractivity contribution is 7.89. The van der Waals surface area contributed by atoms with Crippen LogP contribution in [0.5, 0.6) is 5.75 Å². The standard InChI is InChI=1S/C13H16F3NO4S/c1-9-7-17(8-10(2)20-9)22(18,19)12-5-3-11(4-6-12)21-13(14,15)16/h3-6,9-10H,7-8H2,1-2H3/t9-,10-/m0/s1. The highest BCUT2D eigenvalue weighted by Gasteiger charge is 2.33. The van der Waals surface area contributed by atoms with E-state index in [0.29, 0.717) is 0 Å². The topological polar surface area (TPSA) is 55.8 Å². The van der Waals surface area contributed by atoms with Crippen LogP contribution < -0.4 is 4.74 Å². The maximum absolute atomic E-state index is 12.5. The van der Waals surface area contributed by atoms with Crippen LogP contribution in [0.25, 0.3) is 0 Å². The molecule has 0 bridgehead atoms. The molecule has 5 nitrogen and oxygen atoms in total. The molecule has 1 fully saturated rings. The molecule has 0 aliphatic carbocycles. The second-order valence-electron chi connectivity index (χ2n) is 5.10. The SMILES string of the molecule is C[C@H]1CN(S(=O)(=O)c2ccc(OC(F)(F)F)cc2)C[C@H](C)O1. The Morgan fingerprint density at radius 3 is 2.09 bits per heavy atom. The molecule has 0 aromatic heterocycles. The van der Waals surface area contributed by atoms with Gasteiger partial charge in [-0.3, -0.25) is 0 Å². The number of ether oxygens (including phenoxy) is 2. The molecule has 2 atom stereocenters. The zero-order valence-electron chi connectivity index (χ0n) is 12.0. The van der Waals surface area contributed by atoms with E-state index in [2.05, 4.69) is 4.74 Å². The van der Waals surface area contributed by atoms with Gasteiger partial charge >= 0.3 is 6.36 Å². The number of rotatable bonds is 3. The number of hydrogen-bond donors (Lipinski definition) is 0. The molecule has 9 heteroatoms. The lowest BCUT2D eigenvalue weighted by molar-refractivity contribution is -0.274. The van der Waals surface area contributed by atoms with Gasteiger partial charge < -0.3 is 9.47 Å². The zero-order valence-corrected chi connectivity index (χ0v) is 12.8. The van der Waals surface area contributed by atoms with Crippen LogP contribution in [0.4, 0.5) is 13.2 Å². The fourth-order valence-corrected chi connectivity index (χ4v) is 3.88. The Labute approximate surface area is 126 Å². The first kappa shape index (κ1) is 17.0. The summed E-state index contributed by atoms with van der Waals surface area (Å²) in [6.45, 7) is 3.93. The molecule has 0 spiro atoms. The van der Waals surface area contributed by atoms with E-state index < -0.39 is 22.1 Å². The van der Waals surface area contributed by atoms with Crippen molar-refractivity contribution in [2.45, 2.75) is 37.3 Å². The Kier molecular flexibility index (Phi) is 4.69. The average molecular weight is 339 g/mol. The first-order valence-corrected chi connectivity index (χ1v) is 8.03. The minimum absolute atomic E-state index is 0.0803. The normalized spacial score (nSPS) is 24.2. The molecule has 1 aromatic rings. The van der Waals surface area contributed by atoms with Gasteiger partial charge in [0.2, 0.25) is 10.0 Å². The van der Waals surface area contributed by atoms with Crippen molar-refractivity contribution < 1.29 is 31.1 Å². The smallest absolute Gasteiger partial charge is 0.406 e. The Balaban J connectivity index is 2.19. The molecule has 1 aliphatic heterocycles. The van der Waals surface area contributed by atoms with E-state index in [4.69, 9.17) is 4.74 Å². The lowest BCUT2D eigenvalue weighted by atomic mass is 10.3. The third-order valence-corrected chi connectivity index (χ3v) is 4.93. The molecule has 1 aliphatic rings. The van der Waals surface area contributed by atoms with Crippen LogP contribution in [-0.2, 0) is 14.8 Å². The van der Waals surface area contributed by atoms with E-state index in [9.17, 15) is 21.6 Å². The van der Waals surface area contributed by atoms with E-state index in [1.54, 1.807) is 13.8 Å². The minimum Gasteiger partial charge on any atom is -0.406 e. The molecule has 0 saturated carbocycles. The summed E-state index contributed by atoms with van der Waals surface area (Å²) in [5, 5.41) is 0. The lowest BCUT2D eigenvalue weighted by Crippen LogP contribution is -2.48. The number of benzene rings is 1. The van der Waals surface area contributed by atoms with Gasteiger partial charge in [-0.15, -0.1) is 13.2 Å². The average Bonchev–Trinajstić information content (AvgIpc) is 2.36. The zero-order chi connectivity index (χ0) is 16.5. The monoisotopic (exact) mass is 339 g/mol. The van der Waals surface area contributed by atoms with Crippen molar-refractivity contribution in [3.05, 3.63) is 24.3 Å². The first-order valence-electron chi connectivity index (χ1n) is 6.59. The summed E-state index contributed by atoms with van der Waals surface area (Å²) in [5.74, 6) is -0.463. The maximum Gasteiger partial charge on any atom is 0.573 e. The molecule has 1 saturated heterocycles.